The van der Waals surface area contributed by atoms with Gasteiger partial charge in [-0.1, -0.05) is 25.7 Å². The Morgan fingerprint density at radius 1 is 1.28 bits per heavy atom. The van der Waals surface area contributed by atoms with Crippen LogP contribution >= 0.6 is 0 Å². The molecular weight excluding hydrogens is 228 g/mol. The van der Waals surface area contributed by atoms with Gasteiger partial charge in [0, 0.05) is 18.5 Å². The largest absolute Gasteiger partial charge is 0.388 e. The van der Waals surface area contributed by atoms with Gasteiger partial charge in [0.25, 0.3) is 0 Å². The molecule has 0 heterocycles. The zero-order chi connectivity index (χ0) is 13.6. The number of aliphatic hydroxyl groups is 1. The van der Waals surface area contributed by atoms with Crippen molar-refractivity contribution in [3.8, 4) is 0 Å². The summed E-state index contributed by atoms with van der Waals surface area (Å²) in [5, 5.41) is 13.2. The Morgan fingerprint density at radius 2 is 1.83 bits per heavy atom. The topological polar surface area (TPSA) is 75.4 Å². The maximum atomic E-state index is 11.7. The Kier molecular flexibility index (Phi) is 5.60. The van der Waals surface area contributed by atoms with Crippen molar-refractivity contribution in [2.24, 2.45) is 5.73 Å². The van der Waals surface area contributed by atoms with Crippen molar-refractivity contribution in [3.05, 3.63) is 0 Å². The molecule has 1 aliphatic carbocycles. The molecule has 0 aromatic rings. The van der Waals surface area contributed by atoms with E-state index in [0.29, 0.717) is 19.4 Å². The summed E-state index contributed by atoms with van der Waals surface area (Å²) in [7, 11) is 0. The summed E-state index contributed by atoms with van der Waals surface area (Å²) in [6, 6.07) is 0. The molecule has 0 atom stereocenters. The average Bonchev–Trinajstić information content (AvgIpc) is 2.48. The lowest BCUT2D eigenvalue weighted by molar-refractivity contribution is -0.122. The molecule has 4 nitrogen and oxygen atoms in total. The summed E-state index contributed by atoms with van der Waals surface area (Å²) >= 11 is 0. The van der Waals surface area contributed by atoms with Crippen LogP contribution in [0.15, 0.2) is 0 Å². The second kappa shape index (κ2) is 6.53. The summed E-state index contributed by atoms with van der Waals surface area (Å²) in [6.07, 6.45) is 7.20. The highest BCUT2D eigenvalue weighted by Crippen LogP contribution is 2.26. The van der Waals surface area contributed by atoms with Gasteiger partial charge < -0.3 is 16.2 Å². The van der Waals surface area contributed by atoms with E-state index in [1.165, 1.54) is 12.8 Å². The van der Waals surface area contributed by atoms with Crippen LogP contribution in [0, 0.1) is 0 Å². The average molecular weight is 256 g/mol. The van der Waals surface area contributed by atoms with Gasteiger partial charge in [-0.05, 0) is 33.1 Å². The molecule has 106 valence electrons. The number of amides is 1. The van der Waals surface area contributed by atoms with E-state index in [9.17, 15) is 9.90 Å². The standard InChI is InChI=1S/C14H28N2O2/c1-13(2,15)10-7-12(17)16-11-14(18)8-5-3-4-6-9-14/h18H,3-11,15H2,1-2H3,(H,16,17). The number of hydrogen-bond acceptors (Lipinski definition) is 3. The first-order chi connectivity index (χ1) is 8.31. The second-order valence-electron chi connectivity index (χ2n) is 6.40. The fraction of sp³-hybridized carbons (Fsp3) is 0.929. The van der Waals surface area contributed by atoms with E-state index in [2.05, 4.69) is 5.32 Å². The third-order valence-corrected chi connectivity index (χ3v) is 3.65. The lowest BCUT2D eigenvalue weighted by Crippen LogP contribution is -2.43. The Bertz CT molecular complexity index is 263. The first-order valence-corrected chi connectivity index (χ1v) is 7.09. The minimum atomic E-state index is -0.690. The fourth-order valence-corrected chi connectivity index (χ4v) is 2.35. The molecule has 4 heteroatoms. The molecule has 1 rings (SSSR count). The van der Waals surface area contributed by atoms with Crippen molar-refractivity contribution >= 4 is 5.91 Å². The van der Waals surface area contributed by atoms with Gasteiger partial charge in [0.2, 0.25) is 5.91 Å². The van der Waals surface area contributed by atoms with Crippen LogP contribution in [0.4, 0.5) is 0 Å². The van der Waals surface area contributed by atoms with E-state index in [4.69, 9.17) is 5.73 Å². The van der Waals surface area contributed by atoms with Crippen LogP contribution in [0.2, 0.25) is 0 Å². The third-order valence-electron chi connectivity index (χ3n) is 3.65. The molecule has 4 N–H and O–H groups in total. The number of nitrogens with one attached hydrogen (secondary N) is 1. The minimum absolute atomic E-state index is 0.00815. The van der Waals surface area contributed by atoms with Crippen LogP contribution in [0.5, 0.6) is 0 Å². The van der Waals surface area contributed by atoms with Crippen molar-refractivity contribution in [2.45, 2.75) is 76.4 Å². The minimum Gasteiger partial charge on any atom is -0.388 e. The maximum Gasteiger partial charge on any atom is 0.220 e. The predicted molar refractivity (Wildman–Crippen MR) is 73.2 cm³/mol. The molecule has 0 unspecified atom stereocenters. The lowest BCUT2D eigenvalue weighted by Gasteiger charge is -2.27. The Hall–Kier alpha value is -0.610. The monoisotopic (exact) mass is 256 g/mol. The van der Waals surface area contributed by atoms with Crippen molar-refractivity contribution in [2.75, 3.05) is 6.54 Å². The van der Waals surface area contributed by atoms with Gasteiger partial charge in [-0.25, -0.2) is 0 Å². The van der Waals surface area contributed by atoms with Crippen molar-refractivity contribution < 1.29 is 9.90 Å². The van der Waals surface area contributed by atoms with Crippen LogP contribution in [-0.4, -0.2) is 28.7 Å². The number of rotatable bonds is 5. The molecule has 18 heavy (non-hydrogen) atoms. The molecule has 0 saturated heterocycles. The molecule has 0 aromatic carbocycles. The summed E-state index contributed by atoms with van der Waals surface area (Å²) in [5.74, 6) is -0.00815. The summed E-state index contributed by atoms with van der Waals surface area (Å²) in [4.78, 5) is 11.7. The summed E-state index contributed by atoms with van der Waals surface area (Å²) in [6.45, 7) is 4.22. The highest BCUT2D eigenvalue weighted by molar-refractivity contribution is 5.76. The number of carbonyl (C=O) groups excluding carboxylic acids is 1. The first-order valence-electron chi connectivity index (χ1n) is 7.09. The van der Waals surface area contributed by atoms with E-state index in [0.717, 1.165) is 25.7 Å². The van der Waals surface area contributed by atoms with Crippen molar-refractivity contribution in [1.29, 1.82) is 0 Å². The molecule has 0 aliphatic heterocycles. The van der Waals surface area contributed by atoms with Gasteiger partial charge >= 0.3 is 0 Å². The molecule has 1 fully saturated rings. The van der Waals surface area contributed by atoms with Gasteiger partial charge in [0.1, 0.15) is 0 Å². The van der Waals surface area contributed by atoms with Crippen LogP contribution in [-0.2, 0) is 4.79 Å². The van der Waals surface area contributed by atoms with Crippen LogP contribution in [0.25, 0.3) is 0 Å². The third kappa shape index (κ3) is 6.36. The Balaban J connectivity index is 2.28. The van der Waals surface area contributed by atoms with Crippen LogP contribution in [0.1, 0.15) is 65.2 Å². The molecule has 1 amide bonds. The second-order valence-corrected chi connectivity index (χ2v) is 6.40. The lowest BCUT2D eigenvalue weighted by atomic mass is 9.94. The van der Waals surface area contributed by atoms with Gasteiger partial charge in [-0.2, -0.15) is 0 Å². The Morgan fingerprint density at radius 3 is 2.33 bits per heavy atom. The molecule has 0 bridgehead atoms. The normalized spacial score (nSPS) is 20.2. The molecular formula is C14H28N2O2. The van der Waals surface area contributed by atoms with E-state index in [1.54, 1.807) is 0 Å². The van der Waals surface area contributed by atoms with E-state index in [-0.39, 0.29) is 11.4 Å². The van der Waals surface area contributed by atoms with Crippen LogP contribution in [0.3, 0.4) is 0 Å². The Labute approximate surface area is 110 Å². The summed E-state index contributed by atoms with van der Waals surface area (Å²) in [5.41, 5.74) is 4.84. The molecule has 0 aromatic heterocycles. The van der Waals surface area contributed by atoms with Gasteiger partial charge in [0.05, 0.1) is 5.60 Å². The van der Waals surface area contributed by atoms with Crippen molar-refractivity contribution in [1.82, 2.24) is 5.32 Å². The maximum absolute atomic E-state index is 11.7. The number of carbonyl (C=O) groups is 1. The van der Waals surface area contributed by atoms with Gasteiger partial charge in [-0.3, -0.25) is 4.79 Å². The molecule has 0 radical (unpaired) electrons. The number of nitrogens with two attached hydrogens (primary N) is 1. The first kappa shape index (κ1) is 15.4. The zero-order valence-electron chi connectivity index (χ0n) is 11.8. The quantitative estimate of drug-likeness (QED) is 0.655. The van der Waals surface area contributed by atoms with E-state index in [1.807, 2.05) is 13.8 Å². The summed E-state index contributed by atoms with van der Waals surface area (Å²) < 4.78 is 0. The SMILES string of the molecule is CC(C)(N)CCC(=O)NCC1(O)CCCCCC1. The van der Waals surface area contributed by atoms with Crippen LogP contribution < -0.4 is 11.1 Å². The molecule has 0 spiro atoms. The molecule has 1 aliphatic rings. The van der Waals surface area contributed by atoms with Gasteiger partial charge in [-0.15, -0.1) is 0 Å². The van der Waals surface area contributed by atoms with E-state index < -0.39 is 5.60 Å². The van der Waals surface area contributed by atoms with Crippen molar-refractivity contribution in [3.63, 3.8) is 0 Å². The smallest absolute Gasteiger partial charge is 0.220 e. The zero-order valence-corrected chi connectivity index (χ0v) is 11.8. The molecule has 1 saturated carbocycles. The highest BCUT2D eigenvalue weighted by Gasteiger charge is 2.28. The fourth-order valence-electron chi connectivity index (χ4n) is 2.35. The van der Waals surface area contributed by atoms with E-state index >= 15 is 0 Å². The van der Waals surface area contributed by atoms with Gasteiger partial charge in [0.15, 0.2) is 0 Å². The highest BCUT2D eigenvalue weighted by atomic mass is 16.3. The predicted octanol–water partition coefficient (Wildman–Crippen LogP) is 1.71. The number of hydrogen-bond donors (Lipinski definition) is 3.